The first kappa shape index (κ1) is 15.2. The summed E-state index contributed by atoms with van der Waals surface area (Å²) >= 11 is 0. The van der Waals surface area contributed by atoms with Crippen LogP contribution in [0.1, 0.15) is 21.5 Å². The van der Waals surface area contributed by atoms with E-state index < -0.39 is 12.1 Å². The van der Waals surface area contributed by atoms with E-state index in [0.29, 0.717) is 24.9 Å². The molecule has 0 saturated carbocycles. The number of benzene rings is 2. The van der Waals surface area contributed by atoms with Gasteiger partial charge in [0.05, 0.1) is 5.56 Å². The van der Waals surface area contributed by atoms with Gasteiger partial charge in [-0.2, -0.15) is 0 Å². The van der Waals surface area contributed by atoms with E-state index in [2.05, 4.69) is 5.32 Å². The molecule has 1 unspecified atom stereocenters. The number of carbonyl (C=O) groups excluding carboxylic acids is 2. The smallest absolute Gasteiger partial charge is 0.339 e. The summed E-state index contributed by atoms with van der Waals surface area (Å²) in [5.41, 5.74) is 2.27. The van der Waals surface area contributed by atoms with Crippen LogP contribution in [0.25, 0.3) is 0 Å². The monoisotopic (exact) mass is 313 g/mol. The number of hydrogen-bond acceptors (Lipinski definition) is 3. The summed E-state index contributed by atoms with van der Waals surface area (Å²) in [6.07, 6.45) is 0.165. The Bertz CT molecular complexity index is 727. The molecular formula is C18H16FNO3. The molecule has 0 radical (unpaired) electrons. The second-order valence-electron chi connectivity index (χ2n) is 5.42. The highest BCUT2D eigenvalue weighted by molar-refractivity contribution is 5.95. The first-order chi connectivity index (χ1) is 11.1. The van der Waals surface area contributed by atoms with Crippen LogP contribution in [0.3, 0.4) is 0 Å². The van der Waals surface area contributed by atoms with Gasteiger partial charge < -0.3 is 10.1 Å². The summed E-state index contributed by atoms with van der Waals surface area (Å²) in [5, 5.41) is 2.76. The lowest BCUT2D eigenvalue weighted by molar-refractivity contribution is -0.130. The standard InChI is InChI=1S/C18H16FNO3/c19-14-7-5-12(6-8-14)9-10-20-17(21)16-11-13-3-1-2-4-15(13)18(22)23-16/h1-8,16H,9-11H2,(H,20,21). The zero-order valence-electron chi connectivity index (χ0n) is 12.4. The molecule has 2 aromatic carbocycles. The van der Waals surface area contributed by atoms with Gasteiger partial charge in [-0.1, -0.05) is 30.3 Å². The number of amides is 1. The molecule has 23 heavy (non-hydrogen) atoms. The molecule has 0 fully saturated rings. The van der Waals surface area contributed by atoms with Crippen molar-refractivity contribution in [1.82, 2.24) is 5.32 Å². The van der Waals surface area contributed by atoms with E-state index in [0.717, 1.165) is 11.1 Å². The van der Waals surface area contributed by atoms with Gasteiger partial charge >= 0.3 is 5.97 Å². The number of cyclic esters (lactones) is 1. The zero-order valence-corrected chi connectivity index (χ0v) is 12.4. The average molecular weight is 313 g/mol. The van der Waals surface area contributed by atoms with Crippen molar-refractivity contribution in [2.45, 2.75) is 18.9 Å². The van der Waals surface area contributed by atoms with Crippen molar-refractivity contribution in [3.63, 3.8) is 0 Å². The lowest BCUT2D eigenvalue weighted by Crippen LogP contribution is -2.42. The van der Waals surface area contributed by atoms with Gasteiger partial charge in [-0.05, 0) is 35.7 Å². The van der Waals surface area contributed by atoms with Crippen LogP contribution in [0.4, 0.5) is 4.39 Å². The van der Waals surface area contributed by atoms with Crippen molar-refractivity contribution in [2.75, 3.05) is 6.54 Å². The second-order valence-corrected chi connectivity index (χ2v) is 5.42. The maximum absolute atomic E-state index is 12.8. The van der Waals surface area contributed by atoms with E-state index >= 15 is 0 Å². The predicted molar refractivity (Wildman–Crippen MR) is 82.5 cm³/mol. The molecule has 2 aromatic rings. The Balaban J connectivity index is 1.55. The van der Waals surface area contributed by atoms with Crippen LogP contribution >= 0.6 is 0 Å². The molecule has 0 aromatic heterocycles. The van der Waals surface area contributed by atoms with Gasteiger partial charge in [0.15, 0.2) is 6.10 Å². The third-order valence-electron chi connectivity index (χ3n) is 3.81. The van der Waals surface area contributed by atoms with Gasteiger partial charge in [-0.3, -0.25) is 4.79 Å². The number of halogens is 1. The van der Waals surface area contributed by atoms with Gasteiger partial charge in [0.2, 0.25) is 0 Å². The number of carbonyl (C=O) groups is 2. The van der Waals surface area contributed by atoms with Crippen LogP contribution in [-0.4, -0.2) is 24.5 Å². The first-order valence-electron chi connectivity index (χ1n) is 7.44. The molecule has 3 rings (SSSR count). The van der Waals surface area contributed by atoms with Crippen LogP contribution in [-0.2, 0) is 22.4 Å². The van der Waals surface area contributed by atoms with Gasteiger partial charge in [0.25, 0.3) is 5.91 Å². The van der Waals surface area contributed by atoms with Gasteiger partial charge in [0.1, 0.15) is 5.82 Å². The number of rotatable bonds is 4. The Morgan fingerprint density at radius 1 is 1.17 bits per heavy atom. The minimum atomic E-state index is -0.800. The Hall–Kier alpha value is -2.69. The topological polar surface area (TPSA) is 55.4 Å². The van der Waals surface area contributed by atoms with Gasteiger partial charge in [0, 0.05) is 13.0 Å². The van der Waals surface area contributed by atoms with Crippen molar-refractivity contribution in [3.05, 3.63) is 71.0 Å². The fourth-order valence-electron chi connectivity index (χ4n) is 2.57. The van der Waals surface area contributed by atoms with E-state index in [4.69, 9.17) is 4.74 Å². The molecule has 5 heteroatoms. The number of hydrogen-bond donors (Lipinski definition) is 1. The Morgan fingerprint density at radius 3 is 2.70 bits per heavy atom. The maximum Gasteiger partial charge on any atom is 0.339 e. The number of fused-ring (bicyclic) bond motifs is 1. The molecule has 118 valence electrons. The zero-order chi connectivity index (χ0) is 16.2. The minimum Gasteiger partial charge on any atom is -0.448 e. The fraction of sp³-hybridized carbons (Fsp3) is 0.222. The molecule has 1 atom stereocenters. The van der Waals surface area contributed by atoms with Crippen molar-refractivity contribution in [3.8, 4) is 0 Å². The largest absolute Gasteiger partial charge is 0.448 e. The van der Waals surface area contributed by atoms with Crippen molar-refractivity contribution in [2.24, 2.45) is 0 Å². The van der Waals surface area contributed by atoms with Gasteiger partial charge in [-0.25, -0.2) is 9.18 Å². The molecule has 0 aliphatic carbocycles. The Labute approximate surface area is 133 Å². The van der Waals surface area contributed by atoms with E-state index in [-0.39, 0.29) is 11.7 Å². The van der Waals surface area contributed by atoms with Crippen molar-refractivity contribution < 1.29 is 18.7 Å². The summed E-state index contributed by atoms with van der Waals surface area (Å²) in [4.78, 5) is 24.0. The molecule has 4 nitrogen and oxygen atoms in total. The highest BCUT2D eigenvalue weighted by Gasteiger charge is 2.30. The molecule has 0 bridgehead atoms. The second kappa shape index (κ2) is 6.60. The SMILES string of the molecule is O=C1OC(C(=O)NCCc2ccc(F)cc2)Cc2ccccc21. The quantitative estimate of drug-likeness (QED) is 0.881. The summed E-state index contributed by atoms with van der Waals surface area (Å²) in [6.45, 7) is 0.403. The van der Waals surface area contributed by atoms with Crippen LogP contribution < -0.4 is 5.32 Å². The Morgan fingerprint density at radius 2 is 1.91 bits per heavy atom. The van der Waals surface area contributed by atoms with E-state index in [9.17, 15) is 14.0 Å². The summed E-state index contributed by atoms with van der Waals surface area (Å²) in [7, 11) is 0. The highest BCUT2D eigenvalue weighted by atomic mass is 19.1. The first-order valence-corrected chi connectivity index (χ1v) is 7.44. The fourth-order valence-corrected chi connectivity index (χ4v) is 2.57. The van der Waals surface area contributed by atoms with Crippen LogP contribution in [0.15, 0.2) is 48.5 Å². The summed E-state index contributed by atoms with van der Waals surface area (Å²) < 4.78 is 18.0. The molecule has 0 saturated heterocycles. The highest BCUT2D eigenvalue weighted by Crippen LogP contribution is 2.20. The van der Waals surface area contributed by atoms with Crippen LogP contribution in [0.5, 0.6) is 0 Å². The van der Waals surface area contributed by atoms with E-state index in [1.165, 1.54) is 12.1 Å². The molecule has 1 aliphatic rings. The number of esters is 1. The molecule has 0 spiro atoms. The van der Waals surface area contributed by atoms with Crippen LogP contribution in [0.2, 0.25) is 0 Å². The van der Waals surface area contributed by atoms with E-state index in [1.807, 2.05) is 12.1 Å². The minimum absolute atomic E-state index is 0.287. The normalized spacial score (nSPS) is 16.4. The summed E-state index contributed by atoms with van der Waals surface area (Å²) in [6, 6.07) is 13.3. The maximum atomic E-state index is 12.8. The average Bonchev–Trinajstić information content (AvgIpc) is 2.56. The van der Waals surface area contributed by atoms with Crippen LogP contribution in [0, 0.1) is 5.82 Å². The third-order valence-corrected chi connectivity index (χ3v) is 3.81. The molecule has 1 N–H and O–H groups in total. The molecular weight excluding hydrogens is 297 g/mol. The van der Waals surface area contributed by atoms with E-state index in [1.54, 1.807) is 24.3 Å². The predicted octanol–water partition coefficient (Wildman–Crippen LogP) is 2.27. The lowest BCUT2D eigenvalue weighted by Gasteiger charge is -2.23. The number of nitrogens with one attached hydrogen (secondary N) is 1. The molecule has 1 heterocycles. The lowest BCUT2D eigenvalue weighted by atomic mass is 9.98. The van der Waals surface area contributed by atoms with Crippen molar-refractivity contribution in [1.29, 1.82) is 0 Å². The Kier molecular flexibility index (Phi) is 4.37. The molecule has 1 amide bonds. The van der Waals surface area contributed by atoms with Gasteiger partial charge in [-0.15, -0.1) is 0 Å². The number of ether oxygens (including phenoxy) is 1. The summed E-state index contributed by atoms with van der Waals surface area (Å²) in [5.74, 6) is -1.06. The van der Waals surface area contributed by atoms with Crippen molar-refractivity contribution >= 4 is 11.9 Å². The molecule has 1 aliphatic heterocycles. The third kappa shape index (κ3) is 3.56.